The van der Waals surface area contributed by atoms with Crippen LogP contribution >= 0.6 is 0 Å². The fourth-order valence-corrected chi connectivity index (χ4v) is 2.77. The molecule has 0 N–H and O–H groups in total. The molecule has 1 aromatic carbocycles. The van der Waals surface area contributed by atoms with E-state index in [0.717, 1.165) is 23.7 Å². The number of hydrogen-bond donors (Lipinski definition) is 0. The molecule has 104 valence electrons. The Morgan fingerprint density at radius 2 is 2.10 bits per heavy atom. The Morgan fingerprint density at radius 1 is 1.30 bits per heavy atom. The summed E-state index contributed by atoms with van der Waals surface area (Å²) in [4.78, 5) is 24.0. The third kappa shape index (κ3) is 2.22. The number of Topliss-reactive ketones (excluding diaryl/α,β-unsaturated/α-hetero) is 1. The molecular weight excluding hydrogens is 254 g/mol. The van der Waals surface area contributed by atoms with Crippen molar-refractivity contribution < 1.29 is 14.3 Å². The summed E-state index contributed by atoms with van der Waals surface area (Å²) >= 11 is 0. The number of hydrogen-bond acceptors (Lipinski definition) is 3. The number of aromatic nitrogens is 1. The standard InChI is InChI=1S/C16H17NO3/c1-17-10-12(11-6-2-3-7-13(11)17)16(19)20-15-9-5-4-8-14(15)18/h2-3,6-7,10,15H,4-5,8-9H2,1H3. The first-order valence-electron chi connectivity index (χ1n) is 6.94. The molecule has 1 aliphatic rings. The smallest absolute Gasteiger partial charge is 0.341 e. The van der Waals surface area contributed by atoms with Crippen LogP contribution in [0, 0.1) is 0 Å². The van der Waals surface area contributed by atoms with Crippen molar-refractivity contribution in [3.05, 3.63) is 36.0 Å². The second kappa shape index (κ2) is 5.12. The van der Waals surface area contributed by atoms with E-state index >= 15 is 0 Å². The van der Waals surface area contributed by atoms with Crippen molar-refractivity contribution in [1.29, 1.82) is 0 Å². The molecule has 1 saturated carbocycles. The van der Waals surface area contributed by atoms with E-state index in [1.807, 2.05) is 35.9 Å². The van der Waals surface area contributed by atoms with Crippen LogP contribution in [0.4, 0.5) is 0 Å². The van der Waals surface area contributed by atoms with Gasteiger partial charge in [0.15, 0.2) is 11.9 Å². The third-order valence-electron chi connectivity index (χ3n) is 3.86. The normalized spacial score (nSPS) is 19.2. The average molecular weight is 271 g/mol. The molecule has 1 aliphatic carbocycles. The van der Waals surface area contributed by atoms with Crippen LogP contribution in [0.1, 0.15) is 36.0 Å². The maximum atomic E-state index is 12.3. The fourth-order valence-electron chi connectivity index (χ4n) is 2.77. The number of ether oxygens (including phenoxy) is 1. The van der Waals surface area contributed by atoms with Crippen LogP contribution in [0.5, 0.6) is 0 Å². The molecule has 20 heavy (non-hydrogen) atoms. The summed E-state index contributed by atoms with van der Waals surface area (Å²) in [5.74, 6) is -0.355. The fraction of sp³-hybridized carbons (Fsp3) is 0.375. The average Bonchev–Trinajstić information content (AvgIpc) is 2.79. The monoisotopic (exact) mass is 271 g/mol. The number of para-hydroxylation sites is 1. The highest BCUT2D eigenvalue weighted by atomic mass is 16.5. The highest BCUT2D eigenvalue weighted by Crippen LogP contribution is 2.23. The molecule has 1 unspecified atom stereocenters. The Balaban J connectivity index is 1.87. The van der Waals surface area contributed by atoms with E-state index < -0.39 is 12.1 Å². The van der Waals surface area contributed by atoms with Gasteiger partial charge in [-0.3, -0.25) is 4.79 Å². The topological polar surface area (TPSA) is 48.3 Å². The van der Waals surface area contributed by atoms with Crippen molar-refractivity contribution in [1.82, 2.24) is 4.57 Å². The van der Waals surface area contributed by atoms with Crippen molar-refractivity contribution in [2.24, 2.45) is 7.05 Å². The van der Waals surface area contributed by atoms with Gasteiger partial charge in [-0.15, -0.1) is 0 Å². The lowest BCUT2D eigenvalue weighted by molar-refractivity contribution is -0.129. The Morgan fingerprint density at radius 3 is 2.90 bits per heavy atom. The Kier molecular flexibility index (Phi) is 3.30. The number of benzene rings is 1. The SMILES string of the molecule is Cn1cc(C(=O)OC2CCCCC2=O)c2ccccc21. The number of rotatable bonds is 2. The summed E-state index contributed by atoms with van der Waals surface area (Å²) in [6, 6.07) is 7.68. The van der Waals surface area contributed by atoms with E-state index in [4.69, 9.17) is 4.74 Å². The van der Waals surface area contributed by atoms with Crippen molar-refractivity contribution >= 4 is 22.7 Å². The van der Waals surface area contributed by atoms with Crippen molar-refractivity contribution in [2.45, 2.75) is 31.8 Å². The maximum absolute atomic E-state index is 12.3. The highest BCUT2D eigenvalue weighted by molar-refractivity contribution is 6.05. The summed E-state index contributed by atoms with van der Waals surface area (Å²) in [6.07, 6.45) is 4.22. The quantitative estimate of drug-likeness (QED) is 0.789. The second-order valence-corrected chi connectivity index (χ2v) is 5.28. The number of ketones is 1. The first-order valence-corrected chi connectivity index (χ1v) is 6.94. The highest BCUT2D eigenvalue weighted by Gasteiger charge is 2.27. The molecule has 4 heteroatoms. The number of fused-ring (bicyclic) bond motifs is 1. The van der Waals surface area contributed by atoms with Gasteiger partial charge in [0.1, 0.15) is 0 Å². The molecule has 1 atom stereocenters. The summed E-state index contributed by atoms with van der Waals surface area (Å²) in [5, 5.41) is 0.864. The number of nitrogens with zero attached hydrogens (tertiary/aromatic N) is 1. The minimum Gasteiger partial charge on any atom is -0.451 e. The number of esters is 1. The molecule has 0 bridgehead atoms. The van der Waals surface area contributed by atoms with Crippen LogP contribution in [0.15, 0.2) is 30.5 Å². The van der Waals surface area contributed by atoms with Crippen LogP contribution in [0.2, 0.25) is 0 Å². The second-order valence-electron chi connectivity index (χ2n) is 5.28. The molecule has 0 radical (unpaired) electrons. The van der Waals surface area contributed by atoms with Gasteiger partial charge in [0.2, 0.25) is 0 Å². The molecule has 1 aromatic heterocycles. The lowest BCUT2D eigenvalue weighted by Gasteiger charge is -2.20. The Labute approximate surface area is 117 Å². The molecule has 1 heterocycles. The van der Waals surface area contributed by atoms with Crippen LogP contribution in [-0.2, 0) is 16.6 Å². The van der Waals surface area contributed by atoms with E-state index in [0.29, 0.717) is 18.4 Å². The first-order chi connectivity index (χ1) is 9.66. The van der Waals surface area contributed by atoms with Crippen molar-refractivity contribution in [3.8, 4) is 0 Å². The van der Waals surface area contributed by atoms with E-state index in [9.17, 15) is 9.59 Å². The predicted octanol–water partition coefficient (Wildman–Crippen LogP) is 2.85. The Hall–Kier alpha value is -2.10. The molecule has 0 spiro atoms. The molecule has 4 nitrogen and oxygen atoms in total. The van der Waals surface area contributed by atoms with Gasteiger partial charge in [0.25, 0.3) is 0 Å². The van der Waals surface area contributed by atoms with Crippen LogP contribution in [0.3, 0.4) is 0 Å². The molecule has 2 aromatic rings. The predicted molar refractivity (Wildman–Crippen MR) is 75.6 cm³/mol. The van der Waals surface area contributed by atoms with Gasteiger partial charge in [-0.1, -0.05) is 18.2 Å². The molecule has 0 amide bonds. The van der Waals surface area contributed by atoms with Crippen LogP contribution in [-0.4, -0.2) is 22.4 Å². The zero-order valence-corrected chi connectivity index (χ0v) is 11.5. The summed E-state index contributed by atoms with van der Waals surface area (Å²) in [6.45, 7) is 0. The van der Waals surface area contributed by atoms with E-state index in [2.05, 4.69) is 0 Å². The van der Waals surface area contributed by atoms with Crippen molar-refractivity contribution in [2.75, 3.05) is 0 Å². The largest absolute Gasteiger partial charge is 0.451 e. The number of carbonyl (C=O) groups excluding carboxylic acids is 2. The number of carbonyl (C=O) groups is 2. The number of aryl methyl sites for hydroxylation is 1. The minimum atomic E-state index is -0.560. The first kappa shape index (κ1) is 12.9. The lowest BCUT2D eigenvalue weighted by atomic mass is 9.96. The zero-order valence-electron chi connectivity index (χ0n) is 11.5. The Bertz CT molecular complexity index is 671. The third-order valence-corrected chi connectivity index (χ3v) is 3.86. The van der Waals surface area contributed by atoms with E-state index in [1.54, 1.807) is 6.20 Å². The van der Waals surface area contributed by atoms with Gasteiger partial charge >= 0.3 is 5.97 Å². The van der Waals surface area contributed by atoms with Crippen LogP contribution in [0.25, 0.3) is 10.9 Å². The molecule has 1 fully saturated rings. The van der Waals surface area contributed by atoms with Gasteiger partial charge in [-0.2, -0.15) is 0 Å². The van der Waals surface area contributed by atoms with E-state index in [1.165, 1.54) is 0 Å². The molecule has 0 saturated heterocycles. The van der Waals surface area contributed by atoms with Crippen LogP contribution < -0.4 is 0 Å². The van der Waals surface area contributed by atoms with Gasteiger partial charge < -0.3 is 9.30 Å². The summed E-state index contributed by atoms with van der Waals surface area (Å²) in [7, 11) is 1.89. The molecule has 0 aliphatic heterocycles. The minimum absolute atomic E-state index is 0.0461. The van der Waals surface area contributed by atoms with Crippen molar-refractivity contribution in [3.63, 3.8) is 0 Å². The zero-order chi connectivity index (χ0) is 14.1. The van der Waals surface area contributed by atoms with Gasteiger partial charge in [-0.05, 0) is 25.3 Å². The lowest BCUT2D eigenvalue weighted by Crippen LogP contribution is -2.30. The van der Waals surface area contributed by atoms with E-state index in [-0.39, 0.29) is 5.78 Å². The van der Waals surface area contributed by atoms with Gasteiger partial charge in [-0.25, -0.2) is 4.79 Å². The van der Waals surface area contributed by atoms with Gasteiger partial charge in [0, 0.05) is 30.6 Å². The summed E-state index contributed by atoms with van der Waals surface area (Å²) in [5.41, 5.74) is 1.51. The molecule has 3 rings (SSSR count). The summed E-state index contributed by atoms with van der Waals surface area (Å²) < 4.78 is 7.31. The molecular formula is C16H17NO3. The van der Waals surface area contributed by atoms with Gasteiger partial charge in [0.05, 0.1) is 5.56 Å². The maximum Gasteiger partial charge on any atom is 0.341 e.